The Kier molecular flexibility index (Phi) is 4.36. The number of carbonyl (C=O) groups excluding carboxylic acids is 3. The molecule has 0 spiro atoms. The number of phenols is 3. The molecule has 8 nitrogen and oxygen atoms in total. The molecule has 2 aromatic carbocycles. The minimum absolute atomic E-state index is 0.153. The van der Waals surface area contributed by atoms with Crippen LogP contribution in [0.3, 0.4) is 0 Å². The second-order valence-electron chi connectivity index (χ2n) is 7.67. The Labute approximate surface area is 171 Å². The average Bonchev–Trinajstić information content (AvgIpc) is 2.70. The summed E-state index contributed by atoms with van der Waals surface area (Å²) >= 11 is 0. The van der Waals surface area contributed by atoms with Gasteiger partial charge in [-0.2, -0.15) is 0 Å². The summed E-state index contributed by atoms with van der Waals surface area (Å²) in [7, 11) is 1.18. The Hall–Kier alpha value is -3.39. The molecule has 0 saturated heterocycles. The number of methoxy groups -OCH3 is 1. The molecule has 2 aromatic rings. The van der Waals surface area contributed by atoms with E-state index < -0.39 is 46.3 Å². The van der Waals surface area contributed by atoms with Crippen molar-refractivity contribution in [3.8, 4) is 17.2 Å². The van der Waals surface area contributed by atoms with Crippen molar-refractivity contribution in [2.24, 2.45) is 0 Å². The van der Waals surface area contributed by atoms with Crippen LogP contribution in [0, 0.1) is 0 Å². The van der Waals surface area contributed by atoms with Crippen molar-refractivity contribution in [1.29, 1.82) is 0 Å². The third kappa shape index (κ3) is 2.53. The van der Waals surface area contributed by atoms with E-state index in [0.29, 0.717) is 0 Å². The average molecular weight is 412 g/mol. The van der Waals surface area contributed by atoms with E-state index in [1.807, 2.05) is 0 Å². The van der Waals surface area contributed by atoms with Crippen LogP contribution in [0.5, 0.6) is 17.2 Å². The summed E-state index contributed by atoms with van der Waals surface area (Å²) in [6.07, 6.45) is 0.574. The minimum Gasteiger partial charge on any atom is -0.508 e. The largest absolute Gasteiger partial charge is 0.508 e. The van der Waals surface area contributed by atoms with Gasteiger partial charge in [0.25, 0.3) is 0 Å². The number of carbonyl (C=O) groups is 3. The maximum atomic E-state index is 13.1. The fraction of sp³-hybridized carbons (Fsp3) is 0.318. The van der Waals surface area contributed by atoms with Gasteiger partial charge in [-0.15, -0.1) is 0 Å². The van der Waals surface area contributed by atoms with E-state index in [1.165, 1.54) is 13.2 Å². The molecule has 0 aromatic heterocycles. The number of hydrogen-bond acceptors (Lipinski definition) is 8. The molecular formula is C22H20O8. The molecule has 0 unspecified atom stereocenters. The SMILES string of the molecule is CC[C@@]1(O)CCc2c(cc3c(c2O)C(=O)c2c(O)cc(O)cc2C3=O)[C@@H]1C(=O)OC. The van der Waals surface area contributed by atoms with Gasteiger partial charge in [0.05, 0.1) is 23.8 Å². The fourth-order valence-corrected chi connectivity index (χ4v) is 4.58. The Morgan fingerprint density at radius 2 is 1.77 bits per heavy atom. The second kappa shape index (κ2) is 6.56. The monoisotopic (exact) mass is 412 g/mol. The topological polar surface area (TPSA) is 141 Å². The van der Waals surface area contributed by atoms with Gasteiger partial charge in [-0.25, -0.2) is 0 Å². The lowest BCUT2D eigenvalue weighted by atomic mass is 9.68. The normalized spacial score (nSPS) is 22.2. The first-order chi connectivity index (χ1) is 14.1. The van der Waals surface area contributed by atoms with Gasteiger partial charge in [0.15, 0.2) is 5.78 Å². The lowest BCUT2D eigenvalue weighted by molar-refractivity contribution is -0.151. The number of aliphatic hydroxyl groups is 1. The predicted octanol–water partition coefficient (Wildman–Crippen LogP) is 1.92. The van der Waals surface area contributed by atoms with E-state index in [2.05, 4.69) is 0 Å². The first-order valence-electron chi connectivity index (χ1n) is 9.49. The Morgan fingerprint density at radius 1 is 1.10 bits per heavy atom. The van der Waals surface area contributed by atoms with Crippen LogP contribution in [0.15, 0.2) is 18.2 Å². The second-order valence-corrected chi connectivity index (χ2v) is 7.67. The highest BCUT2D eigenvalue weighted by Gasteiger charge is 2.48. The van der Waals surface area contributed by atoms with Crippen LogP contribution in [0.4, 0.5) is 0 Å². The smallest absolute Gasteiger partial charge is 0.316 e. The molecule has 4 rings (SSSR count). The number of ether oxygens (including phenoxy) is 1. The molecule has 2 atom stereocenters. The van der Waals surface area contributed by atoms with Crippen molar-refractivity contribution >= 4 is 17.5 Å². The number of rotatable bonds is 2. The summed E-state index contributed by atoms with van der Waals surface area (Å²) in [6.45, 7) is 1.72. The Bertz CT molecular complexity index is 1130. The molecule has 8 heteroatoms. The van der Waals surface area contributed by atoms with Crippen molar-refractivity contribution < 1.29 is 39.5 Å². The molecule has 30 heavy (non-hydrogen) atoms. The number of fused-ring (bicyclic) bond motifs is 3. The predicted molar refractivity (Wildman–Crippen MR) is 103 cm³/mol. The fourth-order valence-electron chi connectivity index (χ4n) is 4.58. The van der Waals surface area contributed by atoms with Crippen LogP contribution in [-0.2, 0) is 16.0 Å². The molecule has 2 aliphatic rings. The van der Waals surface area contributed by atoms with E-state index in [9.17, 15) is 34.8 Å². The molecule has 0 aliphatic heterocycles. The zero-order valence-electron chi connectivity index (χ0n) is 16.4. The summed E-state index contributed by atoms with van der Waals surface area (Å²) < 4.78 is 4.86. The molecule has 0 amide bonds. The molecule has 4 N–H and O–H groups in total. The van der Waals surface area contributed by atoms with E-state index in [0.717, 1.165) is 12.1 Å². The standard InChI is InChI=1S/C22H20O8/c1-3-22(29)5-4-10-11(17(22)21(28)30-2)8-13-16(19(10)26)20(27)15-12(18(13)25)6-9(23)7-14(15)24/h6-8,17,23-24,26,29H,3-5H2,1-2H3/t17-,22-/m1/s1. The van der Waals surface area contributed by atoms with Crippen LogP contribution >= 0.6 is 0 Å². The van der Waals surface area contributed by atoms with Crippen LogP contribution in [0.2, 0.25) is 0 Å². The van der Waals surface area contributed by atoms with Gasteiger partial charge in [0, 0.05) is 17.2 Å². The molecule has 0 fully saturated rings. The van der Waals surface area contributed by atoms with Crippen molar-refractivity contribution in [2.75, 3.05) is 7.11 Å². The summed E-state index contributed by atoms with van der Waals surface area (Å²) in [6, 6.07) is 3.34. The van der Waals surface area contributed by atoms with E-state index in [1.54, 1.807) is 6.92 Å². The molecule has 0 radical (unpaired) electrons. The summed E-state index contributed by atoms with van der Waals surface area (Å²) in [5.41, 5.74) is -1.86. The maximum absolute atomic E-state index is 13.1. The van der Waals surface area contributed by atoms with Crippen LogP contribution < -0.4 is 0 Å². The van der Waals surface area contributed by atoms with Gasteiger partial charge in [-0.3, -0.25) is 14.4 Å². The van der Waals surface area contributed by atoms with Crippen molar-refractivity contribution in [2.45, 2.75) is 37.7 Å². The van der Waals surface area contributed by atoms with Gasteiger partial charge in [-0.1, -0.05) is 6.92 Å². The lowest BCUT2D eigenvalue weighted by Gasteiger charge is -2.40. The third-order valence-electron chi connectivity index (χ3n) is 6.19. The first-order valence-corrected chi connectivity index (χ1v) is 9.49. The quantitative estimate of drug-likeness (QED) is 0.468. The van der Waals surface area contributed by atoms with Gasteiger partial charge in [0.2, 0.25) is 5.78 Å². The molecule has 0 bridgehead atoms. The molecule has 0 saturated carbocycles. The van der Waals surface area contributed by atoms with E-state index in [4.69, 9.17) is 4.74 Å². The van der Waals surface area contributed by atoms with E-state index >= 15 is 0 Å². The molecule has 156 valence electrons. The van der Waals surface area contributed by atoms with Crippen LogP contribution in [0.1, 0.15) is 68.7 Å². The lowest BCUT2D eigenvalue weighted by Crippen LogP contribution is -2.44. The van der Waals surface area contributed by atoms with Crippen molar-refractivity contribution in [3.63, 3.8) is 0 Å². The van der Waals surface area contributed by atoms with Crippen molar-refractivity contribution in [1.82, 2.24) is 0 Å². The highest BCUT2D eigenvalue weighted by atomic mass is 16.5. The first kappa shape index (κ1) is 19.9. The Balaban J connectivity index is 2.01. The number of phenolic OH excluding ortho intramolecular Hbond substituents is 3. The molecule has 2 aliphatic carbocycles. The number of ketones is 2. The van der Waals surface area contributed by atoms with Crippen LogP contribution in [0.25, 0.3) is 0 Å². The Morgan fingerprint density at radius 3 is 2.40 bits per heavy atom. The highest BCUT2D eigenvalue weighted by Crippen LogP contribution is 2.48. The van der Waals surface area contributed by atoms with Crippen molar-refractivity contribution in [3.05, 3.63) is 51.6 Å². The zero-order valence-corrected chi connectivity index (χ0v) is 16.4. The number of aromatic hydroxyl groups is 3. The summed E-state index contributed by atoms with van der Waals surface area (Å²) in [5, 5.41) is 41.8. The minimum atomic E-state index is -1.43. The maximum Gasteiger partial charge on any atom is 0.316 e. The van der Waals surface area contributed by atoms with Gasteiger partial charge in [-0.05, 0) is 42.5 Å². The number of esters is 1. The number of benzene rings is 2. The van der Waals surface area contributed by atoms with Gasteiger partial charge < -0.3 is 25.2 Å². The summed E-state index contributed by atoms with van der Waals surface area (Å²) in [4.78, 5) is 38.7. The molecular weight excluding hydrogens is 392 g/mol. The van der Waals surface area contributed by atoms with Gasteiger partial charge >= 0.3 is 5.97 Å². The van der Waals surface area contributed by atoms with Gasteiger partial charge in [0.1, 0.15) is 23.2 Å². The zero-order chi connectivity index (χ0) is 22.0. The third-order valence-corrected chi connectivity index (χ3v) is 6.19. The van der Waals surface area contributed by atoms with E-state index in [-0.39, 0.29) is 52.6 Å². The number of hydrogen-bond donors (Lipinski definition) is 4. The highest BCUT2D eigenvalue weighted by molar-refractivity contribution is 6.30. The van der Waals surface area contributed by atoms with Crippen LogP contribution in [-0.4, -0.2) is 50.7 Å². The molecule has 0 heterocycles. The summed E-state index contributed by atoms with van der Waals surface area (Å²) in [5.74, 6) is -4.74.